The lowest BCUT2D eigenvalue weighted by atomic mass is 9.99. The lowest BCUT2D eigenvalue weighted by Gasteiger charge is -2.30. The molecule has 1 aromatic heterocycles. The average molecular weight is 449 g/mol. The Morgan fingerprint density at radius 3 is 2.38 bits per heavy atom. The standard InChI is InChI=1S/C27H33ClN4/c1-4-32(5-2)25(18-15-20(3)29)27-23-17-16-22(28)19-24(23)30-26(31-27)14-10-9-13-21-11-7-6-8-12-21/h6-14,16-17,19-20,25H,4-5,15,18,29H2,1-3H3/b13-9+,14-10+. The molecule has 3 aromatic rings. The zero-order chi connectivity index (χ0) is 22.9. The van der Waals surface area contributed by atoms with Crippen LogP contribution < -0.4 is 5.73 Å². The van der Waals surface area contributed by atoms with Crippen LogP contribution in [0.25, 0.3) is 23.1 Å². The number of halogens is 1. The molecule has 2 aromatic carbocycles. The Hall–Kier alpha value is -2.53. The van der Waals surface area contributed by atoms with Crippen molar-refractivity contribution in [2.75, 3.05) is 13.1 Å². The molecule has 4 nitrogen and oxygen atoms in total. The summed E-state index contributed by atoms with van der Waals surface area (Å²) in [4.78, 5) is 12.2. The van der Waals surface area contributed by atoms with Gasteiger partial charge in [-0.25, -0.2) is 9.97 Å². The first-order valence-electron chi connectivity index (χ1n) is 11.4. The smallest absolute Gasteiger partial charge is 0.152 e. The Balaban J connectivity index is 2.01. The molecule has 2 atom stereocenters. The summed E-state index contributed by atoms with van der Waals surface area (Å²) in [5.41, 5.74) is 9.17. The van der Waals surface area contributed by atoms with E-state index in [0.717, 1.165) is 48.1 Å². The lowest BCUT2D eigenvalue weighted by molar-refractivity contribution is 0.200. The summed E-state index contributed by atoms with van der Waals surface area (Å²) < 4.78 is 0. The summed E-state index contributed by atoms with van der Waals surface area (Å²) in [6, 6.07) is 16.4. The molecule has 5 heteroatoms. The first-order chi connectivity index (χ1) is 15.5. The summed E-state index contributed by atoms with van der Waals surface area (Å²) in [7, 11) is 0. The third-order valence-corrected chi connectivity index (χ3v) is 5.85. The SMILES string of the molecule is CCN(CC)C(CCC(C)N)c1nc(/C=C/C=C/c2ccccc2)nc2cc(Cl)ccc12. The maximum absolute atomic E-state index is 6.30. The highest BCUT2D eigenvalue weighted by molar-refractivity contribution is 6.31. The van der Waals surface area contributed by atoms with Gasteiger partial charge in [-0.1, -0.05) is 74.0 Å². The number of rotatable bonds is 10. The van der Waals surface area contributed by atoms with E-state index >= 15 is 0 Å². The van der Waals surface area contributed by atoms with Crippen LogP contribution in [0.1, 0.15) is 56.7 Å². The lowest BCUT2D eigenvalue weighted by Crippen LogP contribution is -2.31. The van der Waals surface area contributed by atoms with Gasteiger partial charge in [0, 0.05) is 16.5 Å². The minimum atomic E-state index is 0.151. The monoisotopic (exact) mass is 448 g/mol. The van der Waals surface area contributed by atoms with Gasteiger partial charge in [0.25, 0.3) is 0 Å². The molecule has 0 aliphatic rings. The maximum atomic E-state index is 6.30. The predicted molar refractivity (Wildman–Crippen MR) is 138 cm³/mol. The van der Waals surface area contributed by atoms with Gasteiger partial charge in [-0.3, -0.25) is 4.90 Å². The molecule has 168 valence electrons. The van der Waals surface area contributed by atoms with Crippen molar-refractivity contribution in [2.24, 2.45) is 5.73 Å². The molecular weight excluding hydrogens is 416 g/mol. The van der Waals surface area contributed by atoms with Gasteiger partial charge in [-0.15, -0.1) is 0 Å². The number of allylic oxidation sites excluding steroid dienone is 2. The van der Waals surface area contributed by atoms with Crippen LogP contribution in [0.15, 0.2) is 60.7 Å². The van der Waals surface area contributed by atoms with Gasteiger partial charge in [0.2, 0.25) is 0 Å². The molecule has 1 heterocycles. The van der Waals surface area contributed by atoms with E-state index in [0.29, 0.717) is 10.8 Å². The number of aromatic nitrogens is 2. The van der Waals surface area contributed by atoms with Gasteiger partial charge < -0.3 is 5.73 Å². The van der Waals surface area contributed by atoms with Crippen molar-refractivity contribution in [3.8, 4) is 0 Å². The van der Waals surface area contributed by atoms with Gasteiger partial charge in [-0.2, -0.15) is 0 Å². The fourth-order valence-corrected chi connectivity index (χ4v) is 4.09. The third-order valence-electron chi connectivity index (χ3n) is 5.61. The first-order valence-corrected chi connectivity index (χ1v) is 11.8. The average Bonchev–Trinajstić information content (AvgIpc) is 2.79. The molecule has 2 N–H and O–H groups in total. The fourth-order valence-electron chi connectivity index (χ4n) is 3.92. The van der Waals surface area contributed by atoms with Crippen LogP contribution in [-0.4, -0.2) is 34.0 Å². The van der Waals surface area contributed by atoms with E-state index in [1.807, 2.05) is 54.6 Å². The summed E-state index contributed by atoms with van der Waals surface area (Å²) in [5.74, 6) is 0.686. The molecule has 0 aliphatic heterocycles. The molecule has 0 aliphatic carbocycles. The number of hydrogen-bond donors (Lipinski definition) is 1. The summed E-state index contributed by atoms with van der Waals surface area (Å²) in [6.07, 6.45) is 9.90. The highest BCUT2D eigenvalue weighted by atomic mass is 35.5. The molecular formula is C27H33ClN4. The van der Waals surface area contributed by atoms with E-state index in [4.69, 9.17) is 27.3 Å². The molecule has 0 spiro atoms. The molecule has 0 amide bonds. The van der Waals surface area contributed by atoms with Crippen molar-refractivity contribution in [3.63, 3.8) is 0 Å². The van der Waals surface area contributed by atoms with Crippen molar-refractivity contribution < 1.29 is 0 Å². The summed E-state index contributed by atoms with van der Waals surface area (Å²) >= 11 is 6.30. The maximum Gasteiger partial charge on any atom is 0.152 e. The van der Waals surface area contributed by atoms with E-state index in [1.165, 1.54) is 0 Å². The summed E-state index contributed by atoms with van der Waals surface area (Å²) in [5, 5.41) is 1.73. The van der Waals surface area contributed by atoms with E-state index in [1.54, 1.807) is 0 Å². The highest BCUT2D eigenvalue weighted by Crippen LogP contribution is 2.31. The minimum absolute atomic E-state index is 0.151. The predicted octanol–water partition coefficient (Wildman–Crippen LogP) is 6.52. The zero-order valence-electron chi connectivity index (χ0n) is 19.2. The van der Waals surface area contributed by atoms with Crippen molar-refractivity contribution in [2.45, 2.75) is 45.7 Å². The Morgan fingerprint density at radius 2 is 1.69 bits per heavy atom. The molecule has 0 bridgehead atoms. The Labute approximate surface area is 196 Å². The number of fused-ring (bicyclic) bond motifs is 1. The molecule has 2 unspecified atom stereocenters. The fraction of sp³-hybridized carbons (Fsp3) is 0.333. The summed E-state index contributed by atoms with van der Waals surface area (Å²) in [6.45, 7) is 8.34. The van der Waals surface area contributed by atoms with Crippen LogP contribution in [0.2, 0.25) is 5.02 Å². The second kappa shape index (κ2) is 11.9. The molecule has 0 fully saturated rings. The number of benzene rings is 2. The van der Waals surface area contributed by atoms with E-state index < -0.39 is 0 Å². The Kier molecular flexibility index (Phi) is 8.98. The topological polar surface area (TPSA) is 55.0 Å². The van der Waals surface area contributed by atoms with E-state index in [2.05, 4.69) is 43.9 Å². The highest BCUT2D eigenvalue weighted by Gasteiger charge is 2.23. The van der Waals surface area contributed by atoms with Gasteiger partial charge in [0.05, 0.1) is 17.3 Å². The Bertz CT molecular complexity index is 1060. The van der Waals surface area contributed by atoms with E-state index in [9.17, 15) is 0 Å². The second-order valence-corrected chi connectivity index (χ2v) is 8.49. The van der Waals surface area contributed by atoms with Crippen molar-refractivity contribution in [1.82, 2.24) is 14.9 Å². The normalized spacial score (nSPS) is 14.1. The number of hydrogen-bond acceptors (Lipinski definition) is 4. The Morgan fingerprint density at radius 1 is 0.969 bits per heavy atom. The minimum Gasteiger partial charge on any atom is -0.328 e. The van der Waals surface area contributed by atoms with Crippen LogP contribution in [0.3, 0.4) is 0 Å². The molecule has 0 saturated heterocycles. The van der Waals surface area contributed by atoms with Gasteiger partial charge in [0.15, 0.2) is 5.82 Å². The van der Waals surface area contributed by atoms with Crippen LogP contribution in [0, 0.1) is 0 Å². The van der Waals surface area contributed by atoms with Crippen LogP contribution in [0.4, 0.5) is 0 Å². The third kappa shape index (κ3) is 6.49. The largest absolute Gasteiger partial charge is 0.328 e. The van der Waals surface area contributed by atoms with E-state index in [-0.39, 0.29) is 12.1 Å². The number of nitrogens with two attached hydrogens (primary N) is 1. The van der Waals surface area contributed by atoms with Crippen molar-refractivity contribution in [1.29, 1.82) is 0 Å². The van der Waals surface area contributed by atoms with Crippen LogP contribution >= 0.6 is 11.6 Å². The molecule has 0 radical (unpaired) electrons. The zero-order valence-corrected chi connectivity index (χ0v) is 20.0. The van der Waals surface area contributed by atoms with Gasteiger partial charge >= 0.3 is 0 Å². The quantitative estimate of drug-likeness (QED) is 0.358. The molecule has 3 rings (SSSR count). The van der Waals surface area contributed by atoms with Crippen LogP contribution in [-0.2, 0) is 0 Å². The molecule has 0 saturated carbocycles. The van der Waals surface area contributed by atoms with Crippen molar-refractivity contribution in [3.05, 3.63) is 82.8 Å². The van der Waals surface area contributed by atoms with Crippen molar-refractivity contribution >= 4 is 34.7 Å². The van der Waals surface area contributed by atoms with Gasteiger partial charge in [0.1, 0.15) is 0 Å². The first kappa shape index (κ1) is 24.1. The molecule has 32 heavy (non-hydrogen) atoms. The second-order valence-electron chi connectivity index (χ2n) is 8.05. The number of nitrogens with zero attached hydrogens (tertiary/aromatic N) is 3. The van der Waals surface area contributed by atoms with Gasteiger partial charge in [-0.05, 0) is 62.7 Å². The van der Waals surface area contributed by atoms with Crippen LogP contribution in [0.5, 0.6) is 0 Å².